The van der Waals surface area contributed by atoms with E-state index in [9.17, 15) is 0 Å². The van der Waals surface area contributed by atoms with Gasteiger partial charge < -0.3 is 10.1 Å². The molecule has 0 amide bonds. The summed E-state index contributed by atoms with van der Waals surface area (Å²) >= 11 is 0. The maximum absolute atomic E-state index is 5.71. The van der Waals surface area contributed by atoms with Gasteiger partial charge in [-0.05, 0) is 26.2 Å². The molecule has 0 aromatic rings. The Morgan fingerprint density at radius 2 is 2.00 bits per heavy atom. The van der Waals surface area contributed by atoms with Gasteiger partial charge in [0.15, 0.2) is 0 Å². The van der Waals surface area contributed by atoms with Gasteiger partial charge in [-0.15, -0.1) is 0 Å². The zero-order valence-electron chi connectivity index (χ0n) is 12.0. The van der Waals surface area contributed by atoms with Crippen molar-refractivity contribution < 1.29 is 4.74 Å². The van der Waals surface area contributed by atoms with Crippen LogP contribution in [0.5, 0.6) is 0 Å². The fourth-order valence-corrected chi connectivity index (χ4v) is 2.43. The van der Waals surface area contributed by atoms with Gasteiger partial charge in [-0.2, -0.15) is 0 Å². The van der Waals surface area contributed by atoms with E-state index in [4.69, 9.17) is 4.74 Å². The number of ether oxygens (including phenoxy) is 1. The van der Waals surface area contributed by atoms with Crippen molar-refractivity contribution in [1.82, 2.24) is 10.2 Å². The number of nitrogens with one attached hydrogen (secondary N) is 1. The first-order chi connectivity index (χ1) is 8.21. The number of nitrogens with zero attached hydrogens (tertiary/aromatic N) is 1. The highest BCUT2D eigenvalue weighted by molar-refractivity contribution is 4.77. The van der Waals surface area contributed by atoms with Crippen LogP contribution in [0.15, 0.2) is 0 Å². The summed E-state index contributed by atoms with van der Waals surface area (Å²) in [6.07, 6.45) is 4.02. The molecule has 1 saturated heterocycles. The molecule has 0 aromatic carbocycles. The molecule has 3 heteroatoms. The summed E-state index contributed by atoms with van der Waals surface area (Å²) in [5.74, 6) is 0. The van der Waals surface area contributed by atoms with Crippen LogP contribution in [-0.2, 0) is 4.74 Å². The van der Waals surface area contributed by atoms with Crippen molar-refractivity contribution in [1.29, 1.82) is 0 Å². The fraction of sp³-hybridized carbons (Fsp3) is 1.00. The van der Waals surface area contributed by atoms with Crippen LogP contribution in [0, 0.1) is 0 Å². The molecule has 2 atom stereocenters. The Balaban J connectivity index is 2.28. The molecule has 3 nitrogen and oxygen atoms in total. The normalized spacial score (nSPS) is 24.2. The summed E-state index contributed by atoms with van der Waals surface area (Å²) in [7, 11) is 0. The van der Waals surface area contributed by atoms with E-state index < -0.39 is 0 Å². The van der Waals surface area contributed by atoms with E-state index in [1.54, 1.807) is 0 Å². The van der Waals surface area contributed by atoms with Crippen LogP contribution in [0.1, 0.15) is 47.0 Å². The van der Waals surface area contributed by atoms with E-state index >= 15 is 0 Å². The molecule has 1 aliphatic rings. The average Bonchev–Trinajstić information content (AvgIpc) is 2.39. The Morgan fingerprint density at radius 3 is 2.59 bits per heavy atom. The molecule has 0 aliphatic carbocycles. The van der Waals surface area contributed by atoms with Crippen LogP contribution in [-0.4, -0.2) is 49.3 Å². The summed E-state index contributed by atoms with van der Waals surface area (Å²) in [5, 5.41) is 3.67. The van der Waals surface area contributed by atoms with Crippen LogP contribution in [0.3, 0.4) is 0 Å². The highest BCUT2D eigenvalue weighted by Gasteiger charge is 2.22. The summed E-state index contributed by atoms with van der Waals surface area (Å²) < 4.78 is 5.71. The van der Waals surface area contributed by atoms with E-state index in [0.29, 0.717) is 18.2 Å². The van der Waals surface area contributed by atoms with Crippen molar-refractivity contribution in [2.24, 2.45) is 0 Å². The molecule has 1 N–H and O–H groups in total. The fourth-order valence-electron chi connectivity index (χ4n) is 2.43. The van der Waals surface area contributed by atoms with Gasteiger partial charge in [-0.3, -0.25) is 4.90 Å². The second-order valence-electron chi connectivity index (χ2n) is 5.17. The highest BCUT2D eigenvalue weighted by Crippen LogP contribution is 2.11. The first kappa shape index (κ1) is 14.9. The van der Waals surface area contributed by atoms with Gasteiger partial charge in [-0.25, -0.2) is 0 Å². The van der Waals surface area contributed by atoms with Crippen LogP contribution in [0.4, 0.5) is 0 Å². The van der Waals surface area contributed by atoms with Gasteiger partial charge in [0.2, 0.25) is 0 Å². The van der Waals surface area contributed by atoms with Gasteiger partial charge in [-0.1, -0.05) is 20.8 Å². The molecule has 17 heavy (non-hydrogen) atoms. The molecule has 1 fully saturated rings. The van der Waals surface area contributed by atoms with Crippen molar-refractivity contribution >= 4 is 0 Å². The Hall–Kier alpha value is -0.120. The van der Waals surface area contributed by atoms with E-state index in [1.807, 2.05) is 0 Å². The van der Waals surface area contributed by atoms with E-state index in [0.717, 1.165) is 32.7 Å². The largest absolute Gasteiger partial charge is 0.376 e. The lowest BCUT2D eigenvalue weighted by Gasteiger charge is -2.37. The standard InChI is InChI=1S/C14H30N2O/c1-5-13(6-2)15-10-12(4)16-8-9-17-14(7-3)11-16/h12-15H,5-11H2,1-4H3. The van der Waals surface area contributed by atoms with Gasteiger partial charge in [0.05, 0.1) is 12.7 Å². The molecule has 0 saturated carbocycles. The van der Waals surface area contributed by atoms with Crippen molar-refractivity contribution in [3.05, 3.63) is 0 Å². The predicted octanol–water partition coefficient (Wildman–Crippen LogP) is 2.26. The Bertz CT molecular complexity index is 195. The molecule has 0 radical (unpaired) electrons. The molecule has 2 unspecified atom stereocenters. The lowest BCUT2D eigenvalue weighted by molar-refractivity contribution is -0.0419. The van der Waals surface area contributed by atoms with Crippen LogP contribution in [0.25, 0.3) is 0 Å². The molecule has 1 aliphatic heterocycles. The lowest BCUT2D eigenvalue weighted by atomic mass is 10.1. The van der Waals surface area contributed by atoms with Crippen LogP contribution < -0.4 is 5.32 Å². The second-order valence-corrected chi connectivity index (χ2v) is 5.17. The topological polar surface area (TPSA) is 24.5 Å². The van der Waals surface area contributed by atoms with Crippen LogP contribution in [0.2, 0.25) is 0 Å². The number of hydrogen-bond donors (Lipinski definition) is 1. The molecule has 102 valence electrons. The average molecular weight is 242 g/mol. The Labute approximate surface area is 107 Å². The molecule has 0 aromatic heterocycles. The summed E-state index contributed by atoms with van der Waals surface area (Å²) in [6, 6.07) is 1.30. The minimum Gasteiger partial charge on any atom is -0.376 e. The molecule has 1 heterocycles. The Morgan fingerprint density at radius 1 is 1.29 bits per heavy atom. The summed E-state index contributed by atoms with van der Waals surface area (Å²) in [6.45, 7) is 13.2. The third-order valence-corrected chi connectivity index (χ3v) is 3.94. The third kappa shape index (κ3) is 4.94. The molecule has 1 rings (SSSR count). The Kier molecular flexibility index (Phi) is 7.09. The SMILES string of the molecule is CCC(CC)NCC(C)N1CCOC(CC)C1. The maximum atomic E-state index is 5.71. The van der Waals surface area contributed by atoms with E-state index in [2.05, 4.69) is 37.9 Å². The van der Waals surface area contributed by atoms with E-state index in [1.165, 1.54) is 12.8 Å². The minimum absolute atomic E-state index is 0.444. The lowest BCUT2D eigenvalue weighted by Crippen LogP contribution is -2.50. The molecular weight excluding hydrogens is 212 g/mol. The molecule has 0 spiro atoms. The number of rotatable bonds is 7. The van der Waals surface area contributed by atoms with Gasteiger partial charge >= 0.3 is 0 Å². The van der Waals surface area contributed by atoms with Crippen LogP contribution >= 0.6 is 0 Å². The third-order valence-electron chi connectivity index (χ3n) is 3.94. The monoisotopic (exact) mass is 242 g/mol. The summed E-state index contributed by atoms with van der Waals surface area (Å²) in [4.78, 5) is 2.56. The quantitative estimate of drug-likeness (QED) is 0.741. The first-order valence-electron chi connectivity index (χ1n) is 7.30. The van der Waals surface area contributed by atoms with Crippen molar-refractivity contribution in [2.45, 2.75) is 65.1 Å². The second kappa shape index (κ2) is 8.06. The van der Waals surface area contributed by atoms with Gasteiger partial charge in [0.25, 0.3) is 0 Å². The van der Waals surface area contributed by atoms with Crippen molar-refractivity contribution in [3.63, 3.8) is 0 Å². The number of morpholine rings is 1. The summed E-state index contributed by atoms with van der Waals surface area (Å²) in [5.41, 5.74) is 0. The van der Waals surface area contributed by atoms with Crippen molar-refractivity contribution in [3.8, 4) is 0 Å². The maximum Gasteiger partial charge on any atom is 0.0700 e. The van der Waals surface area contributed by atoms with E-state index in [-0.39, 0.29) is 0 Å². The molecule has 0 bridgehead atoms. The predicted molar refractivity (Wildman–Crippen MR) is 73.4 cm³/mol. The first-order valence-corrected chi connectivity index (χ1v) is 7.30. The zero-order valence-corrected chi connectivity index (χ0v) is 12.0. The number of hydrogen-bond acceptors (Lipinski definition) is 3. The zero-order chi connectivity index (χ0) is 12.7. The van der Waals surface area contributed by atoms with Gasteiger partial charge in [0, 0.05) is 31.7 Å². The molecular formula is C14H30N2O. The highest BCUT2D eigenvalue weighted by atomic mass is 16.5. The van der Waals surface area contributed by atoms with Gasteiger partial charge in [0.1, 0.15) is 0 Å². The van der Waals surface area contributed by atoms with Crippen molar-refractivity contribution in [2.75, 3.05) is 26.2 Å². The minimum atomic E-state index is 0.444. The smallest absolute Gasteiger partial charge is 0.0700 e.